The van der Waals surface area contributed by atoms with E-state index in [1.54, 1.807) is 12.1 Å². The van der Waals surface area contributed by atoms with Crippen molar-refractivity contribution in [3.8, 4) is 5.75 Å². The number of ether oxygens (including phenoxy) is 2. The second-order valence-corrected chi connectivity index (χ2v) is 8.59. The van der Waals surface area contributed by atoms with E-state index in [0.717, 1.165) is 39.9 Å². The van der Waals surface area contributed by atoms with Crippen LogP contribution in [0.15, 0.2) is 78.9 Å². The Balaban J connectivity index is 1.49. The predicted molar refractivity (Wildman–Crippen MR) is 129 cm³/mol. The Morgan fingerprint density at radius 2 is 1.74 bits per heavy atom. The molecule has 0 aliphatic heterocycles. The molecule has 0 spiro atoms. The number of nitrogen functional groups attached to an aromatic ring is 1. The van der Waals surface area contributed by atoms with Crippen LogP contribution in [-0.4, -0.2) is 18.5 Å². The molecule has 35 heavy (non-hydrogen) atoms. The summed E-state index contributed by atoms with van der Waals surface area (Å²) in [6, 6.07) is 20.5. The fourth-order valence-corrected chi connectivity index (χ4v) is 4.28. The number of hydrogen-bond donors (Lipinski definition) is 3. The van der Waals surface area contributed by atoms with Gasteiger partial charge in [0.1, 0.15) is 18.2 Å². The molecule has 1 atom stereocenters. The molecule has 4 N–H and O–H groups in total. The van der Waals surface area contributed by atoms with Crippen LogP contribution < -0.4 is 15.8 Å². The highest BCUT2D eigenvalue weighted by atomic mass is 32.1. The van der Waals surface area contributed by atoms with E-state index >= 15 is 0 Å². The number of benzene rings is 3. The summed E-state index contributed by atoms with van der Waals surface area (Å²) in [6.07, 6.45) is -5.96. The fraction of sp³-hybridized carbons (Fsp3) is 0.120. The highest BCUT2D eigenvalue weighted by Crippen LogP contribution is 2.35. The van der Waals surface area contributed by atoms with Crippen molar-refractivity contribution in [1.29, 1.82) is 5.41 Å². The van der Waals surface area contributed by atoms with Crippen LogP contribution in [-0.2, 0) is 10.9 Å². The number of anilines is 1. The quantitative estimate of drug-likeness (QED) is 0.198. The Labute approximate surface area is 202 Å². The van der Waals surface area contributed by atoms with Crippen molar-refractivity contribution >= 4 is 39.0 Å². The summed E-state index contributed by atoms with van der Waals surface area (Å²) >= 11 is 1.37. The molecule has 4 aromatic rings. The zero-order valence-corrected chi connectivity index (χ0v) is 19.0. The molecule has 0 aliphatic rings. The zero-order chi connectivity index (χ0) is 25.0. The smallest absolute Gasteiger partial charge is 0.416 e. The van der Waals surface area contributed by atoms with E-state index in [-0.39, 0.29) is 18.1 Å². The third-order valence-corrected chi connectivity index (χ3v) is 6.19. The van der Waals surface area contributed by atoms with E-state index in [1.807, 2.05) is 42.5 Å². The van der Waals surface area contributed by atoms with Gasteiger partial charge in [0.05, 0.1) is 10.4 Å². The van der Waals surface area contributed by atoms with Crippen LogP contribution >= 0.6 is 11.3 Å². The summed E-state index contributed by atoms with van der Waals surface area (Å²) < 4.78 is 50.6. The Hall–Kier alpha value is -4.05. The number of carbonyl (C=O) groups is 1. The SMILES string of the molecule is N=C(N)c1cc2c(OC(COC(=O)Nc3ccc(C(F)(F)F)cc3)c3ccccc3)cccc2s1. The Bertz CT molecular complexity index is 1340. The molecule has 1 heterocycles. The lowest BCUT2D eigenvalue weighted by Gasteiger charge is -2.20. The number of fused-ring (bicyclic) bond motifs is 1. The van der Waals surface area contributed by atoms with Crippen LogP contribution in [0.3, 0.4) is 0 Å². The van der Waals surface area contributed by atoms with Gasteiger partial charge in [0, 0.05) is 15.8 Å². The average Bonchev–Trinajstić information content (AvgIpc) is 3.28. The van der Waals surface area contributed by atoms with Gasteiger partial charge in [0.15, 0.2) is 6.10 Å². The molecule has 3 aromatic carbocycles. The molecule has 0 saturated heterocycles. The van der Waals surface area contributed by atoms with Crippen molar-refractivity contribution < 1.29 is 27.4 Å². The molecule has 1 unspecified atom stereocenters. The minimum Gasteiger partial charge on any atom is -0.481 e. The maximum Gasteiger partial charge on any atom is 0.416 e. The molecule has 1 amide bonds. The second kappa shape index (κ2) is 10.1. The van der Waals surface area contributed by atoms with Gasteiger partial charge in [-0.1, -0.05) is 36.4 Å². The van der Waals surface area contributed by atoms with Gasteiger partial charge in [0.2, 0.25) is 0 Å². The number of alkyl halides is 3. The van der Waals surface area contributed by atoms with Gasteiger partial charge in [-0.15, -0.1) is 11.3 Å². The summed E-state index contributed by atoms with van der Waals surface area (Å²) in [5.74, 6) is 0.492. The molecule has 0 aliphatic carbocycles. The maximum absolute atomic E-state index is 12.7. The number of nitrogens with two attached hydrogens (primary N) is 1. The minimum atomic E-state index is -4.46. The van der Waals surface area contributed by atoms with Crippen molar-refractivity contribution in [2.75, 3.05) is 11.9 Å². The van der Waals surface area contributed by atoms with Gasteiger partial charge in [-0.2, -0.15) is 13.2 Å². The van der Waals surface area contributed by atoms with Crippen molar-refractivity contribution in [2.45, 2.75) is 12.3 Å². The van der Waals surface area contributed by atoms with Crippen LogP contribution in [0.5, 0.6) is 5.75 Å². The van der Waals surface area contributed by atoms with Crippen molar-refractivity contribution in [1.82, 2.24) is 0 Å². The molecule has 4 rings (SSSR count). The lowest BCUT2D eigenvalue weighted by molar-refractivity contribution is -0.137. The van der Waals surface area contributed by atoms with Crippen LogP contribution in [0.1, 0.15) is 22.1 Å². The van der Waals surface area contributed by atoms with E-state index in [0.29, 0.717) is 10.6 Å². The number of amidine groups is 1. The molecule has 0 saturated carbocycles. The number of nitrogens with one attached hydrogen (secondary N) is 2. The van der Waals surface area contributed by atoms with Crippen molar-refractivity contribution in [3.63, 3.8) is 0 Å². The Morgan fingerprint density at radius 1 is 1.03 bits per heavy atom. The molecule has 6 nitrogen and oxygen atoms in total. The molecular weight excluding hydrogens is 479 g/mol. The van der Waals surface area contributed by atoms with E-state index in [1.165, 1.54) is 11.3 Å². The first kappa shape index (κ1) is 24.1. The highest BCUT2D eigenvalue weighted by molar-refractivity contribution is 7.20. The lowest BCUT2D eigenvalue weighted by atomic mass is 10.1. The van der Waals surface area contributed by atoms with E-state index in [4.69, 9.17) is 20.6 Å². The molecule has 10 heteroatoms. The van der Waals surface area contributed by atoms with Crippen molar-refractivity contribution in [2.24, 2.45) is 5.73 Å². The molecule has 1 aromatic heterocycles. The van der Waals surface area contributed by atoms with Gasteiger partial charge in [-0.3, -0.25) is 10.7 Å². The number of halogens is 3. The summed E-state index contributed by atoms with van der Waals surface area (Å²) in [7, 11) is 0. The summed E-state index contributed by atoms with van der Waals surface area (Å²) in [6.45, 7) is -0.156. The fourth-order valence-electron chi connectivity index (χ4n) is 3.34. The molecule has 0 fully saturated rings. The number of rotatable bonds is 7. The van der Waals surface area contributed by atoms with Gasteiger partial charge in [0.25, 0.3) is 0 Å². The first-order chi connectivity index (χ1) is 16.7. The van der Waals surface area contributed by atoms with Gasteiger partial charge < -0.3 is 15.2 Å². The van der Waals surface area contributed by atoms with Crippen LogP contribution in [0.2, 0.25) is 0 Å². The highest BCUT2D eigenvalue weighted by Gasteiger charge is 2.30. The maximum atomic E-state index is 12.7. The normalized spacial score (nSPS) is 12.2. The minimum absolute atomic E-state index is 0.0416. The van der Waals surface area contributed by atoms with Crippen LogP contribution in [0.25, 0.3) is 10.1 Å². The van der Waals surface area contributed by atoms with Crippen LogP contribution in [0, 0.1) is 5.41 Å². The molecule has 0 radical (unpaired) electrons. The summed E-state index contributed by atoms with van der Waals surface area (Å²) in [5, 5.41) is 10.9. The molecule has 0 bridgehead atoms. The van der Waals surface area contributed by atoms with Crippen LogP contribution in [0.4, 0.5) is 23.7 Å². The Kier molecular flexibility index (Phi) is 6.92. The monoisotopic (exact) mass is 499 g/mol. The number of thiophene rings is 1. The zero-order valence-electron chi connectivity index (χ0n) is 18.1. The largest absolute Gasteiger partial charge is 0.481 e. The lowest BCUT2D eigenvalue weighted by Crippen LogP contribution is -2.21. The summed E-state index contributed by atoms with van der Waals surface area (Å²) in [4.78, 5) is 12.9. The van der Waals surface area contributed by atoms with Gasteiger partial charge in [-0.05, 0) is 48.0 Å². The van der Waals surface area contributed by atoms with Gasteiger partial charge in [-0.25, -0.2) is 4.79 Å². The molecular formula is C25H20F3N3O3S. The number of hydrogen-bond acceptors (Lipinski definition) is 5. The number of carbonyl (C=O) groups excluding carboxylic acids is 1. The third-order valence-electron chi connectivity index (χ3n) is 5.05. The summed E-state index contributed by atoms with van der Waals surface area (Å²) in [5.41, 5.74) is 5.74. The topological polar surface area (TPSA) is 97.4 Å². The average molecular weight is 500 g/mol. The van der Waals surface area contributed by atoms with Gasteiger partial charge >= 0.3 is 12.3 Å². The van der Waals surface area contributed by atoms with Crippen molar-refractivity contribution in [3.05, 3.63) is 94.9 Å². The first-order valence-corrected chi connectivity index (χ1v) is 11.2. The van der Waals surface area contributed by atoms with E-state index in [9.17, 15) is 18.0 Å². The standard InChI is InChI=1S/C25H20F3N3O3S/c26-25(27,28)16-9-11-17(12-10-16)31-24(32)33-14-20(15-5-2-1-3-6-15)34-19-7-4-8-21-18(19)13-22(35-21)23(29)30/h1-13,20H,14H2,(H3,29,30)(H,31,32). The predicted octanol–water partition coefficient (Wildman–Crippen LogP) is 6.57. The third kappa shape index (κ3) is 5.90. The first-order valence-electron chi connectivity index (χ1n) is 10.4. The Morgan fingerprint density at radius 3 is 2.40 bits per heavy atom. The molecule has 180 valence electrons. The number of amides is 1. The van der Waals surface area contributed by atoms with E-state index in [2.05, 4.69) is 5.32 Å². The second-order valence-electron chi connectivity index (χ2n) is 7.51. The van der Waals surface area contributed by atoms with E-state index < -0.39 is 23.9 Å².